The van der Waals surface area contributed by atoms with E-state index in [0.29, 0.717) is 6.54 Å². The quantitative estimate of drug-likeness (QED) is 0.607. The molecule has 0 amide bonds. The lowest BCUT2D eigenvalue weighted by Gasteiger charge is -2.11. The molecule has 0 bridgehead atoms. The Morgan fingerprint density at radius 2 is 1.32 bits per heavy atom. The van der Waals surface area contributed by atoms with Crippen molar-refractivity contribution in [2.24, 2.45) is 0 Å². The summed E-state index contributed by atoms with van der Waals surface area (Å²) in [5, 5.41) is 6.26. The van der Waals surface area contributed by atoms with Crippen LogP contribution in [-0.2, 0) is 22.9 Å². The van der Waals surface area contributed by atoms with Crippen molar-refractivity contribution in [3.63, 3.8) is 0 Å². The molecule has 0 spiro atoms. The van der Waals surface area contributed by atoms with Gasteiger partial charge in [0.15, 0.2) is 9.84 Å². The van der Waals surface area contributed by atoms with Crippen LogP contribution in [0, 0.1) is 11.6 Å². The summed E-state index contributed by atoms with van der Waals surface area (Å²) in [6.45, 7) is 0.546. The van der Waals surface area contributed by atoms with E-state index in [4.69, 9.17) is 0 Å². The van der Waals surface area contributed by atoms with Crippen molar-refractivity contribution in [1.29, 1.82) is 0 Å². The van der Waals surface area contributed by atoms with Gasteiger partial charge in [-0.15, -0.1) is 0 Å². The Bertz CT molecular complexity index is 1050. The summed E-state index contributed by atoms with van der Waals surface area (Å²) in [5.74, 6) is -1.17. The van der Waals surface area contributed by atoms with Crippen molar-refractivity contribution < 1.29 is 17.2 Å². The zero-order chi connectivity index (χ0) is 20.1. The summed E-state index contributed by atoms with van der Waals surface area (Å²) in [6.07, 6.45) is 1.17. The Morgan fingerprint density at radius 1 is 0.786 bits per heavy atom. The fourth-order valence-corrected chi connectivity index (χ4v) is 3.32. The van der Waals surface area contributed by atoms with Gasteiger partial charge in [0.2, 0.25) is 0 Å². The normalized spacial score (nSPS) is 11.2. The minimum atomic E-state index is -3.21. The van der Waals surface area contributed by atoms with Crippen LogP contribution in [0.15, 0.2) is 71.6 Å². The van der Waals surface area contributed by atoms with Gasteiger partial charge in [-0.2, -0.15) is 0 Å². The highest BCUT2D eigenvalue weighted by Crippen LogP contribution is 2.19. The van der Waals surface area contributed by atoms with Crippen molar-refractivity contribution in [2.75, 3.05) is 16.9 Å². The van der Waals surface area contributed by atoms with Crippen molar-refractivity contribution >= 4 is 21.2 Å². The topological polar surface area (TPSA) is 58.2 Å². The van der Waals surface area contributed by atoms with Gasteiger partial charge in [0.1, 0.15) is 11.6 Å². The Morgan fingerprint density at radius 3 is 1.89 bits per heavy atom. The molecule has 3 rings (SSSR count). The Balaban J connectivity index is 1.62. The van der Waals surface area contributed by atoms with E-state index in [1.54, 1.807) is 24.3 Å². The summed E-state index contributed by atoms with van der Waals surface area (Å²) in [5.41, 5.74) is 2.47. The molecule has 146 valence electrons. The molecule has 0 atom stereocenters. The van der Waals surface area contributed by atoms with E-state index in [9.17, 15) is 17.2 Å². The largest absolute Gasteiger partial charge is 0.381 e. The summed E-state index contributed by atoms with van der Waals surface area (Å²) in [6, 6.07) is 17.8. The summed E-state index contributed by atoms with van der Waals surface area (Å²) in [4.78, 5) is 0.280. The first-order valence-corrected chi connectivity index (χ1v) is 10.5. The summed E-state index contributed by atoms with van der Waals surface area (Å²) < 4.78 is 50.4. The number of rotatable bonds is 7. The average Bonchev–Trinajstić information content (AvgIpc) is 2.66. The molecular formula is C21H20F2N2O2S. The highest BCUT2D eigenvalue weighted by Gasteiger charge is 2.08. The van der Waals surface area contributed by atoms with Crippen LogP contribution in [0.25, 0.3) is 0 Å². The molecule has 0 saturated carbocycles. The van der Waals surface area contributed by atoms with Gasteiger partial charge in [0.05, 0.1) is 4.90 Å². The molecule has 7 heteroatoms. The first-order valence-electron chi connectivity index (χ1n) is 8.62. The molecular weight excluding hydrogens is 382 g/mol. The second-order valence-electron chi connectivity index (χ2n) is 6.40. The number of hydrogen-bond acceptors (Lipinski definition) is 4. The predicted molar refractivity (Wildman–Crippen MR) is 107 cm³/mol. The molecule has 0 saturated heterocycles. The van der Waals surface area contributed by atoms with Crippen LogP contribution < -0.4 is 10.6 Å². The third-order valence-electron chi connectivity index (χ3n) is 4.24. The molecule has 3 aromatic rings. The Labute approximate surface area is 163 Å². The second kappa shape index (κ2) is 8.39. The molecule has 28 heavy (non-hydrogen) atoms. The van der Waals surface area contributed by atoms with E-state index in [1.807, 2.05) is 24.3 Å². The molecule has 3 aromatic carbocycles. The number of sulfone groups is 1. The lowest BCUT2D eigenvalue weighted by atomic mass is 10.2. The fraction of sp³-hybridized carbons (Fsp3) is 0.143. The number of benzene rings is 3. The lowest BCUT2D eigenvalue weighted by molar-refractivity contribution is 0.560. The first kappa shape index (κ1) is 19.8. The molecule has 0 aliphatic rings. The van der Waals surface area contributed by atoms with Crippen LogP contribution in [0.3, 0.4) is 0 Å². The highest BCUT2D eigenvalue weighted by atomic mass is 32.2. The Kier molecular flexibility index (Phi) is 5.94. The summed E-state index contributed by atoms with van der Waals surface area (Å²) >= 11 is 0. The van der Waals surface area contributed by atoms with Crippen LogP contribution >= 0.6 is 0 Å². The third kappa shape index (κ3) is 5.07. The van der Waals surface area contributed by atoms with Crippen molar-refractivity contribution in [1.82, 2.24) is 0 Å². The SMILES string of the molecule is CS(=O)(=O)c1ccc(CNc2cccc(NCc3c(F)cccc3F)c2)cc1. The van der Waals surface area contributed by atoms with Crippen molar-refractivity contribution in [3.05, 3.63) is 89.5 Å². The van der Waals surface area contributed by atoms with Gasteiger partial charge >= 0.3 is 0 Å². The number of hydrogen-bond donors (Lipinski definition) is 2. The molecule has 0 fully saturated rings. The lowest BCUT2D eigenvalue weighted by Crippen LogP contribution is -2.05. The van der Waals surface area contributed by atoms with Gasteiger partial charge < -0.3 is 10.6 Å². The maximum absolute atomic E-state index is 13.7. The van der Waals surface area contributed by atoms with Gasteiger partial charge in [0.25, 0.3) is 0 Å². The van der Waals surface area contributed by atoms with E-state index in [1.165, 1.54) is 24.5 Å². The van der Waals surface area contributed by atoms with Gasteiger partial charge in [-0.25, -0.2) is 17.2 Å². The van der Waals surface area contributed by atoms with Gasteiger partial charge in [-0.1, -0.05) is 24.3 Å². The van der Waals surface area contributed by atoms with Crippen LogP contribution in [0.2, 0.25) is 0 Å². The molecule has 0 aliphatic heterocycles. The second-order valence-corrected chi connectivity index (χ2v) is 8.42. The smallest absolute Gasteiger partial charge is 0.175 e. The van der Waals surface area contributed by atoms with E-state index < -0.39 is 21.5 Å². The first-order chi connectivity index (χ1) is 13.3. The molecule has 0 aliphatic carbocycles. The number of halogens is 2. The van der Waals surface area contributed by atoms with Crippen LogP contribution in [0.1, 0.15) is 11.1 Å². The van der Waals surface area contributed by atoms with Crippen LogP contribution in [-0.4, -0.2) is 14.7 Å². The predicted octanol–water partition coefficient (Wildman–Crippen LogP) is 4.59. The minimum Gasteiger partial charge on any atom is -0.381 e. The van der Waals surface area contributed by atoms with Gasteiger partial charge in [-0.05, 0) is 48.0 Å². The molecule has 0 heterocycles. The highest BCUT2D eigenvalue weighted by molar-refractivity contribution is 7.90. The average molecular weight is 402 g/mol. The summed E-state index contributed by atoms with van der Waals surface area (Å²) in [7, 11) is -3.21. The monoisotopic (exact) mass is 402 g/mol. The molecule has 0 radical (unpaired) electrons. The van der Waals surface area contributed by atoms with Crippen molar-refractivity contribution in [2.45, 2.75) is 18.0 Å². The number of nitrogens with one attached hydrogen (secondary N) is 2. The van der Waals surface area contributed by atoms with Crippen LogP contribution in [0.5, 0.6) is 0 Å². The van der Waals surface area contributed by atoms with E-state index >= 15 is 0 Å². The number of anilines is 2. The van der Waals surface area contributed by atoms with E-state index in [-0.39, 0.29) is 17.0 Å². The molecule has 4 nitrogen and oxygen atoms in total. The fourth-order valence-electron chi connectivity index (χ4n) is 2.69. The van der Waals surface area contributed by atoms with Crippen LogP contribution in [0.4, 0.5) is 20.2 Å². The molecule has 2 N–H and O–H groups in total. The maximum atomic E-state index is 13.7. The van der Waals surface area contributed by atoms with Gasteiger partial charge in [0, 0.05) is 36.3 Å². The third-order valence-corrected chi connectivity index (χ3v) is 5.37. The maximum Gasteiger partial charge on any atom is 0.175 e. The van der Waals surface area contributed by atoms with Gasteiger partial charge in [-0.3, -0.25) is 0 Å². The zero-order valence-corrected chi connectivity index (χ0v) is 16.1. The standard InChI is InChI=1S/C21H20F2N2O2S/c1-28(26,27)18-10-8-15(9-11-18)13-24-16-4-2-5-17(12-16)25-14-19-20(22)6-3-7-21(19)23/h2-12,24-25H,13-14H2,1H3. The molecule has 0 unspecified atom stereocenters. The minimum absolute atomic E-state index is 0.00757. The van der Waals surface area contributed by atoms with E-state index in [0.717, 1.165) is 16.9 Å². The van der Waals surface area contributed by atoms with Crippen molar-refractivity contribution in [3.8, 4) is 0 Å². The molecule has 0 aromatic heterocycles. The van der Waals surface area contributed by atoms with E-state index in [2.05, 4.69) is 10.6 Å². The zero-order valence-electron chi connectivity index (χ0n) is 15.2. The Hall–Kier alpha value is -2.93.